The highest BCUT2D eigenvalue weighted by Gasteiger charge is 2.23. The number of hydrogen-bond donors (Lipinski definition) is 2. The van der Waals surface area contributed by atoms with Crippen LogP contribution in [0.3, 0.4) is 0 Å². The molecular weight excluding hydrogens is 230 g/mol. The fraction of sp³-hybridized carbons (Fsp3) is 0.846. The zero-order valence-electron chi connectivity index (χ0n) is 11.7. The first-order valence-electron chi connectivity index (χ1n) is 6.81. The molecule has 0 aromatic heterocycles. The van der Waals surface area contributed by atoms with Gasteiger partial charge in [0.05, 0.1) is 6.54 Å². The van der Waals surface area contributed by atoms with Gasteiger partial charge in [-0.15, -0.1) is 0 Å². The van der Waals surface area contributed by atoms with E-state index in [1.165, 1.54) is 6.92 Å². The molecule has 0 radical (unpaired) electrons. The van der Waals surface area contributed by atoms with Crippen LogP contribution in [0.15, 0.2) is 0 Å². The second-order valence-corrected chi connectivity index (χ2v) is 5.07. The molecule has 5 nitrogen and oxygen atoms in total. The lowest BCUT2D eigenvalue weighted by Crippen LogP contribution is -2.51. The topological polar surface area (TPSA) is 61.4 Å². The molecule has 0 aromatic carbocycles. The summed E-state index contributed by atoms with van der Waals surface area (Å²) in [5.74, 6) is 0.109. The Morgan fingerprint density at radius 2 is 2.17 bits per heavy atom. The largest absolute Gasteiger partial charge is 0.352 e. The van der Waals surface area contributed by atoms with Gasteiger partial charge in [-0.05, 0) is 26.2 Å². The van der Waals surface area contributed by atoms with Crippen LogP contribution in [-0.2, 0) is 9.59 Å². The van der Waals surface area contributed by atoms with E-state index in [-0.39, 0.29) is 17.9 Å². The highest BCUT2D eigenvalue weighted by Crippen LogP contribution is 2.10. The average molecular weight is 255 g/mol. The Morgan fingerprint density at radius 3 is 2.78 bits per heavy atom. The highest BCUT2D eigenvalue weighted by molar-refractivity contribution is 5.78. The lowest BCUT2D eigenvalue weighted by molar-refractivity contribution is -0.132. The SMILES string of the molecule is CCC(C)NCC(=O)N1CCCC(NC(C)=O)C1. The maximum Gasteiger partial charge on any atom is 0.236 e. The van der Waals surface area contributed by atoms with Gasteiger partial charge in [-0.1, -0.05) is 6.92 Å². The molecule has 2 atom stereocenters. The van der Waals surface area contributed by atoms with E-state index in [1.807, 2.05) is 4.90 Å². The Bertz CT molecular complexity index is 294. The first-order valence-corrected chi connectivity index (χ1v) is 6.81. The maximum absolute atomic E-state index is 12.0. The molecule has 0 aliphatic carbocycles. The van der Waals surface area contributed by atoms with E-state index in [0.717, 1.165) is 25.8 Å². The fourth-order valence-electron chi connectivity index (χ4n) is 2.13. The average Bonchev–Trinajstić information content (AvgIpc) is 2.35. The molecule has 0 bridgehead atoms. The molecule has 1 saturated heterocycles. The summed E-state index contributed by atoms with van der Waals surface area (Å²) in [6.07, 6.45) is 2.93. The Kier molecular flexibility index (Phi) is 6.12. The molecular formula is C13H25N3O2. The molecule has 1 rings (SSSR count). The molecule has 104 valence electrons. The van der Waals surface area contributed by atoms with Crippen molar-refractivity contribution in [2.75, 3.05) is 19.6 Å². The standard InChI is InChI=1S/C13H25N3O2/c1-4-10(2)14-8-13(18)16-7-5-6-12(9-16)15-11(3)17/h10,12,14H,4-9H2,1-3H3,(H,15,17). The second kappa shape index (κ2) is 7.36. The van der Waals surface area contributed by atoms with Crippen LogP contribution < -0.4 is 10.6 Å². The van der Waals surface area contributed by atoms with Crippen molar-refractivity contribution < 1.29 is 9.59 Å². The third kappa shape index (κ3) is 5.04. The van der Waals surface area contributed by atoms with Crippen LogP contribution in [-0.4, -0.2) is 48.4 Å². The fourth-order valence-corrected chi connectivity index (χ4v) is 2.13. The molecule has 0 aromatic rings. The van der Waals surface area contributed by atoms with Gasteiger partial charge in [0, 0.05) is 32.1 Å². The Labute approximate surface area is 109 Å². The van der Waals surface area contributed by atoms with Gasteiger partial charge in [0.25, 0.3) is 0 Å². The third-order valence-corrected chi connectivity index (χ3v) is 3.40. The van der Waals surface area contributed by atoms with Gasteiger partial charge in [-0.3, -0.25) is 9.59 Å². The van der Waals surface area contributed by atoms with Gasteiger partial charge in [0.2, 0.25) is 11.8 Å². The zero-order chi connectivity index (χ0) is 13.5. The number of nitrogens with one attached hydrogen (secondary N) is 2. The van der Waals surface area contributed by atoms with Crippen LogP contribution in [0.25, 0.3) is 0 Å². The Morgan fingerprint density at radius 1 is 1.44 bits per heavy atom. The zero-order valence-corrected chi connectivity index (χ0v) is 11.7. The van der Waals surface area contributed by atoms with Gasteiger partial charge in [-0.25, -0.2) is 0 Å². The van der Waals surface area contributed by atoms with Crippen LogP contribution in [0.2, 0.25) is 0 Å². The Balaban J connectivity index is 2.36. The van der Waals surface area contributed by atoms with Gasteiger partial charge in [0.1, 0.15) is 0 Å². The summed E-state index contributed by atoms with van der Waals surface area (Å²) in [6, 6.07) is 0.480. The molecule has 2 unspecified atom stereocenters. The van der Waals surface area contributed by atoms with E-state index in [4.69, 9.17) is 0 Å². The van der Waals surface area contributed by atoms with Gasteiger partial charge < -0.3 is 15.5 Å². The predicted octanol–water partition coefficient (Wildman–Crippen LogP) is 0.502. The van der Waals surface area contributed by atoms with Crippen LogP contribution in [0.1, 0.15) is 40.0 Å². The van der Waals surface area contributed by atoms with Gasteiger partial charge >= 0.3 is 0 Å². The number of hydrogen-bond acceptors (Lipinski definition) is 3. The molecule has 18 heavy (non-hydrogen) atoms. The summed E-state index contributed by atoms with van der Waals surface area (Å²) in [5, 5.41) is 6.10. The van der Waals surface area contributed by atoms with E-state index < -0.39 is 0 Å². The maximum atomic E-state index is 12.0. The summed E-state index contributed by atoms with van der Waals surface area (Å²) >= 11 is 0. The van der Waals surface area contributed by atoms with E-state index in [0.29, 0.717) is 19.1 Å². The molecule has 1 heterocycles. The first kappa shape index (κ1) is 15.0. The molecule has 1 fully saturated rings. The van der Waals surface area contributed by atoms with Crippen molar-refractivity contribution in [2.24, 2.45) is 0 Å². The number of likely N-dealkylation sites (tertiary alicyclic amines) is 1. The summed E-state index contributed by atoms with van der Waals surface area (Å²) in [7, 11) is 0. The number of piperidine rings is 1. The number of carbonyl (C=O) groups is 2. The summed E-state index contributed by atoms with van der Waals surface area (Å²) in [4.78, 5) is 24.9. The van der Waals surface area contributed by atoms with Crippen molar-refractivity contribution in [3.8, 4) is 0 Å². The van der Waals surface area contributed by atoms with Crippen molar-refractivity contribution in [1.82, 2.24) is 15.5 Å². The van der Waals surface area contributed by atoms with E-state index >= 15 is 0 Å². The molecule has 1 aliphatic rings. The number of carbonyl (C=O) groups excluding carboxylic acids is 2. The Hall–Kier alpha value is -1.10. The molecule has 2 amide bonds. The van der Waals surface area contributed by atoms with Gasteiger partial charge in [0.15, 0.2) is 0 Å². The van der Waals surface area contributed by atoms with E-state index in [2.05, 4.69) is 24.5 Å². The first-order chi connectivity index (χ1) is 8.52. The number of amides is 2. The normalized spacial score (nSPS) is 21.5. The van der Waals surface area contributed by atoms with Crippen LogP contribution in [0.4, 0.5) is 0 Å². The monoisotopic (exact) mass is 255 g/mol. The summed E-state index contributed by atoms with van der Waals surface area (Å²) < 4.78 is 0. The summed E-state index contributed by atoms with van der Waals surface area (Å²) in [5.41, 5.74) is 0. The second-order valence-electron chi connectivity index (χ2n) is 5.07. The summed E-state index contributed by atoms with van der Waals surface area (Å²) in [6.45, 7) is 7.52. The van der Waals surface area contributed by atoms with Crippen molar-refractivity contribution >= 4 is 11.8 Å². The lowest BCUT2D eigenvalue weighted by atomic mass is 10.1. The van der Waals surface area contributed by atoms with E-state index in [1.54, 1.807) is 0 Å². The minimum atomic E-state index is -0.0213. The van der Waals surface area contributed by atoms with Crippen molar-refractivity contribution in [3.63, 3.8) is 0 Å². The van der Waals surface area contributed by atoms with Gasteiger partial charge in [-0.2, -0.15) is 0 Å². The van der Waals surface area contributed by atoms with Crippen molar-refractivity contribution in [3.05, 3.63) is 0 Å². The molecule has 0 saturated carbocycles. The van der Waals surface area contributed by atoms with E-state index in [9.17, 15) is 9.59 Å². The lowest BCUT2D eigenvalue weighted by Gasteiger charge is -2.33. The molecule has 5 heteroatoms. The van der Waals surface area contributed by atoms with Crippen molar-refractivity contribution in [1.29, 1.82) is 0 Å². The van der Waals surface area contributed by atoms with Crippen LogP contribution in [0, 0.1) is 0 Å². The molecule has 2 N–H and O–H groups in total. The predicted molar refractivity (Wildman–Crippen MR) is 71.2 cm³/mol. The molecule has 0 spiro atoms. The minimum Gasteiger partial charge on any atom is -0.352 e. The highest BCUT2D eigenvalue weighted by atomic mass is 16.2. The van der Waals surface area contributed by atoms with Crippen LogP contribution in [0.5, 0.6) is 0 Å². The van der Waals surface area contributed by atoms with Crippen molar-refractivity contribution in [2.45, 2.75) is 52.1 Å². The minimum absolute atomic E-state index is 0.0213. The smallest absolute Gasteiger partial charge is 0.236 e. The number of nitrogens with zero attached hydrogens (tertiary/aromatic N) is 1. The molecule has 1 aliphatic heterocycles. The third-order valence-electron chi connectivity index (χ3n) is 3.40. The number of rotatable bonds is 5. The quantitative estimate of drug-likeness (QED) is 0.752. The van der Waals surface area contributed by atoms with Crippen LogP contribution >= 0.6 is 0 Å².